The van der Waals surface area contributed by atoms with E-state index in [1.807, 2.05) is 0 Å². The van der Waals surface area contributed by atoms with Gasteiger partial charge in [-0.25, -0.2) is 0 Å². The number of esters is 2. The molecule has 6 atom stereocenters. The molecule has 1 aliphatic heterocycles. The number of aliphatic hydroxyl groups excluding tert-OH is 3. The second kappa shape index (κ2) is 37.9. The van der Waals surface area contributed by atoms with Crippen molar-refractivity contribution in [2.45, 2.75) is 211 Å². The minimum atomic E-state index is -4.61. The third-order valence-electron chi connectivity index (χ3n) is 10.3. The first-order chi connectivity index (χ1) is 29.5. The first-order valence-electron chi connectivity index (χ1n) is 23.3. The van der Waals surface area contributed by atoms with E-state index in [2.05, 4.69) is 74.6 Å². The van der Waals surface area contributed by atoms with Crippen LogP contribution in [0.5, 0.6) is 0 Å². The second-order valence-electron chi connectivity index (χ2n) is 16.1. The predicted octanol–water partition coefficient (Wildman–Crippen LogP) is 9.73. The van der Waals surface area contributed by atoms with Gasteiger partial charge in [-0.2, -0.15) is 8.42 Å². The highest BCUT2D eigenvalue weighted by Gasteiger charge is 2.46. The average Bonchev–Trinajstić information content (AvgIpc) is 3.22. The highest BCUT2D eigenvalue weighted by atomic mass is 32.2. The summed E-state index contributed by atoms with van der Waals surface area (Å²) in [5.74, 6) is -2.04. The van der Waals surface area contributed by atoms with Crippen molar-refractivity contribution in [2.75, 3.05) is 19.0 Å². The van der Waals surface area contributed by atoms with Crippen LogP contribution in [0.4, 0.5) is 0 Å². The molecule has 0 spiro atoms. The van der Waals surface area contributed by atoms with Crippen LogP contribution in [0.25, 0.3) is 0 Å². The fraction of sp³-hybridized carbons (Fsp3) is 0.750. The van der Waals surface area contributed by atoms with Gasteiger partial charge in [-0.05, 0) is 83.5 Å². The number of hydrogen-bond donors (Lipinski definition) is 4. The maximum atomic E-state index is 12.8. The molecule has 1 heterocycles. The maximum absolute atomic E-state index is 12.8. The quantitative estimate of drug-likeness (QED) is 0.0199. The molecule has 0 amide bonds. The maximum Gasteiger partial charge on any atom is 0.306 e. The van der Waals surface area contributed by atoms with E-state index >= 15 is 0 Å². The van der Waals surface area contributed by atoms with Crippen LogP contribution in [0.15, 0.2) is 60.8 Å². The van der Waals surface area contributed by atoms with Crippen molar-refractivity contribution in [3.63, 3.8) is 0 Å². The first-order valence-corrected chi connectivity index (χ1v) is 25.0. The summed E-state index contributed by atoms with van der Waals surface area (Å²) in [6.07, 6.45) is 36.9. The summed E-state index contributed by atoms with van der Waals surface area (Å²) in [7, 11) is -4.61. The van der Waals surface area contributed by atoms with Crippen molar-refractivity contribution in [3.05, 3.63) is 60.8 Å². The summed E-state index contributed by atoms with van der Waals surface area (Å²) < 4.78 is 54.0. The fourth-order valence-electron chi connectivity index (χ4n) is 6.65. The highest BCUT2D eigenvalue weighted by molar-refractivity contribution is 7.85. The number of unbranched alkanes of at least 4 members (excludes halogenated alkanes) is 16. The zero-order valence-corrected chi connectivity index (χ0v) is 38.3. The Balaban J connectivity index is 2.46. The van der Waals surface area contributed by atoms with Crippen molar-refractivity contribution in [3.8, 4) is 0 Å². The van der Waals surface area contributed by atoms with E-state index in [-0.39, 0.29) is 19.4 Å². The standard InChI is InChI=1S/C48H82O12S/c1-3-5-7-9-11-13-15-17-19-20-21-22-23-25-26-28-30-32-34-36-43(49)57-38-41(39-58-48-47(53)46(52)45(51)42(60-48)40-61(54,55)56)59-44(50)37-35-33-31-29-27-24-18-16-14-12-10-8-6-4-2/h11,13,16-19,21-22,25-26,41-42,45-48,51-53H,3-10,12,14-15,20,23-24,27-40H2,1-2H3,(H,54,55,56)/b13-11+,18-16+,19-17+,22-21+,26-25+/t41-,42-,45-,46?,47?,48+/m1/s1. The minimum absolute atomic E-state index is 0.145. The van der Waals surface area contributed by atoms with Gasteiger partial charge < -0.3 is 34.3 Å². The third kappa shape index (κ3) is 32.7. The third-order valence-corrected chi connectivity index (χ3v) is 11.1. The number of rotatable bonds is 38. The number of carbonyl (C=O) groups is 2. The Labute approximate surface area is 368 Å². The molecule has 2 unspecified atom stereocenters. The average molecular weight is 883 g/mol. The molecule has 0 saturated carbocycles. The fourth-order valence-corrected chi connectivity index (χ4v) is 7.34. The highest BCUT2D eigenvalue weighted by Crippen LogP contribution is 2.24. The van der Waals surface area contributed by atoms with Gasteiger partial charge in [0, 0.05) is 12.8 Å². The lowest BCUT2D eigenvalue weighted by Gasteiger charge is -2.40. The van der Waals surface area contributed by atoms with Crippen LogP contribution in [0, 0.1) is 0 Å². The monoisotopic (exact) mass is 883 g/mol. The molecule has 0 aromatic heterocycles. The summed E-state index contributed by atoms with van der Waals surface area (Å²) >= 11 is 0. The van der Waals surface area contributed by atoms with Gasteiger partial charge in [0.1, 0.15) is 36.8 Å². The number of allylic oxidation sites excluding steroid dienone is 10. The molecule has 0 bridgehead atoms. The second-order valence-corrected chi connectivity index (χ2v) is 17.6. The Bertz CT molecular complexity index is 1360. The van der Waals surface area contributed by atoms with Crippen LogP contribution in [0.1, 0.15) is 174 Å². The van der Waals surface area contributed by atoms with Gasteiger partial charge in [0.15, 0.2) is 12.4 Å². The summed E-state index contributed by atoms with van der Waals surface area (Å²) in [5.41, 5.74) is 0. The molecule has 61 heavy (non-hydrogen) atoms. The number of hydrogen-bond acceptors (Lipinski definition) is 11. The van der Waals surface area contributed by atoms with Crippen LogP contribution in [0.2, 0.25) is 0 Å². The lowest BCUT2D eigenvalue weighted by molar-refractivity contribution is -0.297. The Morgan fingerprint density at radius 1 is 0.557 bits per heavy atom. The molecular formula is C48H82O12S. The van der Waals surface area contributed by atoms with E-state index in [1.165, 1.54) is 57.8 Å². The normalized spacial score (nSPS) is 20.5. The molecule has 1 fully saturated rings. The molecule has 12 nitrogen and oxygen atoms in total. The van der Waals surface area contributed by atoms with Crippen molar-refractivity contribution in [2.24, 2.45) is 0 Å². The summed E-state index contributed by atoms with van der Waals surface area (Å²) in [6, 6.07) is 0. The molecule has 352 valence electrons. The predicted molar refractivity (Wildman–Crippen MR) is 242 cm³/mol. The van der Waals surface area contributed by atoms with Gasteiger partial charge in [0.2, 0.25) is 0 Å². The topological polar surface area (TPSA) is 186 Å². The first kappa shape index (κ1) is 56.4. The minimum Gasteiger partial charge on any atom is -0.462 e. The largest absolute Gasteiger partial charge is 0.462 e. The van der Waals surface area contributed by atoms with Crippen LogP contribution in [-0.2, 0) is 38.7 Å². The summed E-state index contributed by atoms with van der Waals surface area (Å²) in [5, 5.41) is 30.9. The van der Waals surface area contributed by atoms with Gasteiger partial charge in [-0.3, -0.25) is 14.1 Å². The van der Waals surface area contributed by atoms with Gasteiger partial charge >= 0.3 is 11.9 Å². The molecule has 1 aliphatic rings. The Hall–Kier alpha value is -2.65. The van der Waals surface area contributed by atoms with Crippen molar-refractivity contribution >= 4 is 22.1 Å². The van der Waals surface area contributed by atoms with Crippen molar-refractivity contribution in [1.29, 1.82) is 0 Å². The number of aliphatic hydroxyl groups is 3. The smallest absolute Gasteiger partial charge is 0.306 e. The summed E-state index contributed by atoms with van der Waals surface area (Å²) in [4.78, 5) is 25.4. The molecule has 13 heteroatoms. The van der Waals surface area contributed by atoms with E-state index in [1.54, 1.807) is 0 Å². The zero-order valence-electron chi connectivity index (χ0n) is 37.5. The van der Waals surface area contributed by atoms with E-state index in [0.717, 1.165) is 77.0 Å². The molecule has 0 aromatic carbocycles. The van der Waals surface area contributed by atoms with E-state index in [4.69, 9.17) is 18.9 Å². The Morgan fingerprint density at radius 2 is 0.984 bits per heavy atom. The van der Waals surface area contributed by atoms with Crippen LogP contribution < -0.4 is 0 Å². The van der Waals surface area contributed by atoms with Crippen molar-refractivity contribution in [1.82, 2.24) is 0 Å². The van der Waals surface area contributed by atoms with E-state index in [9.17, 15) is 37.9 Å². The lowest BCUT2D eigenvalue weighted by atomic mass is 10.00. The Morgan fingerprint density at radius 3 is 1.52 bits per heavy atom. The summed E-state index contributed by atoms with van der Waals surface area (Å²) in [6.45, 7) is 3.68. The molecule has 0 aliphatic carbocycles. The lowest BCUT2D eigenvalue weighted by Crippen LogP contribution is -2.60. The van der Waals surface area contributed by atoms with E-state index < -0.39 is 71.2 Å². The number of carbonyl (C=O) groups excluding carboxylic acids is 2. The van der Waals surface area contributed by atoms with Crippen LogP contribution in [0.3, 0.4) is 0 Å². The van der Waals surface area contributed by atoms with Gasteiger partial charge in [0.05, 0.1) is 6.61 Å². The van der Waals surface area contributed by atoms with Crippen LogP contribution >= 0.6 is 0 Å². The molecule has 4 N–H and O–H groups in total. The molecule has 1 saturated heterocycles. The van der Waals surface area contributed by atoms with Crippen molar-refractivity contribution < 1.29 is 56.8 Å². The van der Waals surface area contributed by atoms with Gasteiger partial charge in [0.25, 0.3) is 10.1 Å². The number of ether oxygens (including phenoxy) is 4. The zero-order chi connectivity index (χ0) is 44.8. The molecular weight excluding hydrogens is 801 g/mol. The molecule has 0 radical (unpaired) electrons. The Kier molecular flexibility index (Phi) is 35.0. The molecule has 1 rings (SSSR count). The molecule has 0 aromatic rings. The van der Waals surface area contributed by atoms with Gasteiger partial charge in [-0.15, -0.1) is 0 Å². The van der Waals surface area contributed by atoms with Crippen LogP contribution in [-0.4, -0.2) is 96.0 Å². The van der Waals surface area contributed by atoms with Gasteiger partial charge in [-0.1, -0.05) is 139 Å². The SMILES string of the molecule is CCCCC/C=C/C/C=C/C/C=C/C/C=C/CCCCCC(=O)OC[C@H](CO[C@H]1O[C@H](CS(=O)(=O)O)[C@@H](O)C(O)C1O)OC(=O)CCCCCCC/C=C/CCCCCCC. The van der Waals surface area contributed by atoms with E-state index in [0.29, 0.717) is 12.8 Å².